The monoisotopic (exact) mass is 284 g/mol. The SMILES string of the molecule is CC(COc1ccccc1)CC(Br)C(C)C. The molecule has 1 nitrogen and oxygen atoms in total. The van der Waals surface area contributed by atoms with Crippen LogP contribution in [-0.4, -0.2) is 11.4 Å². The van der Waals surface area contributed by atoms with E-state index >= 15 is 0 Å². The number of benzene rings is 1. The van der Waals surface area contributed by atoms with E-state index in [0.717, 1.165) is 18.8 Å². The number of halogens is 1. The molecule has 0 saturated heterocycles. The molecule has 16 heavy (non-hydrogen) atoms. The summed E-state index contributed by atoms with van der Waals surface area (Å²) in [6, 6.07) is 10.0. The summed E-state index contributed by atoms with van der Waals surface area (Å²) in [5, 5.41) is 0. The molecule has 0 aliphatic rings. The van der Waals surface area contributed by atoms with Gasteiger partial charge >= 0.3 is 0 Å². The van der Waals surface area contributed by atoms with Gasteiger partial charge in [-0.15, -0.1) is 0 Å². The highest BCUT2D eigenvalue weighted by Crippen LogP contribution is 2.21. The van der Waals surface area contributed by atoms with E-state index in [-0.39, 0.29) is 0 Å². The Kier molecular flexibility index (Phi) is 5.89. The first-order valence-corrected chi connectivity index (χ1v) is 6.83. The molecular formula is C14H21BrO. The molecule has 0 heterocycles. The predicted octanol–water partition coefficient (Wildman–Crippen LogP) is 4.51. The predicted molar refractivity (Wildman–Crippen MR) is 73.3 cm³/mol. The first-order chi connectivity index (χ1) is 7.59. The van der Waals surface area contributed by atoms with Crippen LogP contribution in [0.25, 0.3) is 0 Å². The third kappa shape index (κ3) is 5.02. The smallest absolute Gasteiger partial charge is 0.119 e. The number of ether oxygens (including phenoxy) is 1. The number of para-hydroxylation sites is 1. The molecule has 0 aromatic heterocycles. The first-order valence-electron chi connectivity index (χ1n) is 5.91. The Labute approximate surface area is 107 Å². The molecule has 0 bridgehead atoms. The van der Waals surface area contributed by atoms with Gasteiger partial charge in [0.2, 0.25) is 0 Å². The van der Waals surface area contributed by atoms with Crippen LogP contribution in [0.5, 0.6) is 5.75 Å². The van der Waals surface area contributed by atoms with Crippen LogP contribution >= 0.6 is 15.9 Å². The number of hydrogen-bond acceptors (Lipinski definition) is 1. The molecule has 0 aliphatic heterocycles. The largest absolute Gasteiger partial charge is 0.493 e. The van der Waals surface area contributed by atoms with Crippen molar-refractivity contribution in [3.63, 3.8) is 0 Å². The van der Waals surface area contributed by atoms with Gasteiger partial charge in [-0.1, -0.05) is 54.9 Å². The fraction of sp³-hybridized carbons (Fsp3) is 0.571. The van der Waals surface area contributed by atoms with Crippen molar-refractivity contribution in [2.75, 3.05) is 6.61 Å². The average Bonchev–Trinajstić information content (AvgIpc) is 2.27. The molecule has 0 N–H and O–H groups in total. The van der Waals surface area contributed by atoms with E-state index in [0.29, 0.717) is 16.7 Å². The lowest BCUT2D eigenvalue weighted by atomic mass is 10.00. The van der Waals surface area contributed by atoms with E-state index in [1.54, 1.807) is 0 Å². The lowest BCUT2D eigenvalue weighted by Crippen LogP contribution is -2.16. The minimum atomic E-state index is 0.576. The topological polar surface area (TPSA) is 9.23 Å². The fourth-order valence-corrected chi connectivity index (χ4v) is 2.12. The Hall–Kier alpha value is -0.500. The van der Waals surface area contributed by atoms with Crippen molar-refractivity contribution in [2.45, 2.75) is 32.0 Å². The van der Waals surface area contributed by atoms with Crippen molar-refractivity contribution in [3.8, 4) is 5.75 Å². The molecule has 0 spiro atoms. The van der Waals surface area contributed by atoms with Crippen molar-refractivity contribution in [1.29, 1.82) is 0 Å². The quantitative estimate of drug-likeness (QED) is 0.699. The van der Waals surface area contributed by atoms with Gasteiger partial charge in [0.05, 0.1) is 6.61 Å². The zero-order chi connectivity index (χ0) is 12.0. The van der Waals surface area contributed by atoms with E-state index in [1.807, 2.05) is 30.3 Å². The third-order valence-electron chi connectivity index (χ3n) is 2.63. The van der Waals surface area contributed by atoms with Crippen LogP contribution in [0.1, 0.15) is 27.2 Å². The molecule has 1 rings (SSSR count). The van der Waals surface area contributed by atoms with Crippen molar-refractivity contribution < 1.29 is 4.74 Å². The zero-order valence-corrected chi connectivity index (χ0v) is 11.9. The highest BCUT2D eigenvalue weighted by atomic mass is 79.9. The molecule has 1 aromatic rings. The molecule has 0 radical (unpaired) electrons. The normalized spacial score (nSPS) is 14.8. The van der Waals surface area contributed by atoms with Gasteiger partial charge in [0.1, 0.15) is 5.75 Å². The highest BCUT2D eigenvalue weighted by molar-refractivity contribution is 9.09. The Morgan fingerprint density at radius 3 is 2.31 bits per heavy atom. The molecule has 0 aliphatic carbocycles. The maximum Gasteiger partial charge on any atom is 0.119 e. The van der Waals surface area contributed by atoms with Gasteiger partial charge in [-0.2, -0.15) is 0 Å². The second kappa shape index (κ2) is 6.95. The van der Waals surface area contributed by atoms with E-state index < -0.39 is 0 Å². The highest BCUT2D eigenvalue weighted by Gasteiger charge is 2.13. The van der Waals surface area contributed by atoms with Gasteiger partial charge in [0.15, 0.2) is 0 Å². The third-order valence-corrected chi connectivity index (χ3v) is 4.06. The van der Waals surface area contributed by atoms with Gasteiger partial charge in [-0.3, -0.25) is 0 Å². The van der Waals surface area contributed by atoms with Gasteiger partial charge < -0.3 is 4.74 Å². The summed E-state index contributed by atoms with van der Waals surface area (Å²) >= 11 is 3.71. The Morgan fingerprint density at radius 1 is 1.12 bits per heavy atom. The lowest BCUT2D eigenvalue weighted by molar-refractivity contribution is 0.247. The van der Waals surface area contributed by atoms with Crippen LogP contribution in [0.15, 0.2) is 30.3 Å². The number of alkyl halides is 1. The van der Waals surface area contributed by atoms with Gasteiger partial charge in [-0.05, 0) is 30.4 Å². The summed E-state index contributed by atoms with van der Waals surface area (Å²) in [6.07, 6.45) is 1.16. The van der Waals surface area contributed by atoms with Gasteiger partial charge in [0.25, 0.3) is 0 Å². The van der Waals surface area contributed by atoms with E-state index in [9.17, 15) is 0 Å². The summed E-state index contributed by atoms with van der Waals surface area (Å²) in [7, 11) is 0. The molecule has 0 amide bonds. The van der Waals surface area contributed by atoms with Crippen LogP contribution in [0, 0.1) is 11.8 Å². The molecule has 2 heteroatoms. The van der Waals surface area contributed by atoms with E-state index in [4.69, 9.17) is 4.74 Å². The van der Waals surface area contributed by atoms with Gasteiger partial charge in [-0.25, -0.2) is 0 Å². The number of hydrogen-bond donors (Lipinski definition) is 0. The first kappa shape index (κ1) is 13.6. The van der Waals surface area contributed by atoms with Crippen molar-refractivity contribution in [2.24, 2.45) is 11.8 Å². The summed E-state index contributed by atoms with van der Waals surface area (Å²) in [4.78, 5) is 0.585. The van der Waals surface area contributed by atoms with Crippen molar-refractivity contribution in [3.05, 3.63) is 30.3 Å². The number of rotatable bonds is 6. The zero-order valence-electron chi connectivity index (χ0n) is 10.3. The van der Waals surface area contributed by atoms with Crippen LogP contribution in [0.4, 0.5) is 0 Å². The maximum atomic E-state index is 5.73. The van der Waals surface area contributed by atoms with E-state index in [1.165, 1.54) is 0 Å². The lowest BCUT2D eigenvalue weighted by Gasteiger charge is -2.19. The van der Waals surface area contributed by atoms with Crippen molar-refractivity contribution in [1.82, 2.24) is 0 Å². The molecule has 2 unspecified atom stereocenters. The summed E-state index contributed by atoms with van der Waals surface area (Å²) in [6.45, 7) is 7.51. The fourth-order valence-electron chi connectivity index (χ4n) is 1.48. The van der Waals surface area contributed by atoms with Crippen LogP contribution in [-0.2, 0) is 0 Å². The standard InChI is InChI=1S/C14H21BrO/c1-11(2)14(15)9-12(3)10-16-13-7-5-4-6-8-13/h4-8,11-12,14H,9-10H2,1-3H3. The Balaban J connectivity index is 2.28. The second-order valence-corrected chi connectivity index (χ2v) is 5.90. The Morgan fingerprint density at radius 2 is 1.75 bits per heavy atom. The van der Waals surface area contributed by atoms with Crippen molar-refractivity contribution >= 4 is 15.9 Å². The summed E-state index contributed by atoms with van der Waals surface area (Å²) in [5.74, 6) is 2.22. The minimum absolute atomic E-state index is 0.576. The summed E-state index contributed by atoms with van der Waals surface area (Å²) in [5.41, 5.74) is 0. The van der Waals surface area contributed by atoms with Gasteiger partial charge in [0, 0.05) is 4.83 Å². The summed E-state index contributed by atoms with van der Waals surface area (Å²) < 4.78 is 5.73. The molecule has 2 atom stereocenters. The Bertz CT molecular complexity index is 284. The molecule has 1 aromatic carbocycles. The van der Waals surface area contributed by atoms with Crippen LogP contribution in [0.3, 0.4) is 0 Å². The molecule has 90 valence electrons. The van der Waals surface area contributed by atoms with Crippen LogP contribution < -0.4 is 4.74 Å². The molecule has 0 saturated carbocycles. The molecular weight excluding hydrogens is 264 g/mol. The van der Waals surface area contributed by atoms with E-state index in [2.05, 4.69) is 36.7 Å². The molecule has 0 fully saturated rings. The average molecular weight is 285 g/mol. The second-order valence-electron chi connectivity index (χ2n) is 4.72. The van der Waals surface area contributed by atoms with Crippen LogP contribution in [0.2, 0.25) is 0 Å². The minimum Gasteiger partial charge on any atom is -0.493 e. The maximum absolute atomic E-state index is 5.73.